The van der Waals surface area contributed by atoms with Gasteiger partial charge in [-0.25, -0.2) is 8.42 Å². The number of piperazine rings is 1. The van der Waals surface area contributed by atoms with Crippen molar-refractivity contribution < 1.29 is 22.7 Å². The minimum absolute atomic E-state index is 0.156. The molecule has 0 aliphatic carbocycles. The lowest BCUT2D eigenvalue weighted by atomic mass is 10.2. The molecule has 34 heavy (non-hydrogen) atoms. The Morgan fingerprint density at radius 3 is 2.32 bits per heavy atom. The molecular formula is C24H32N4O5S. The quantitative estimate of drug-likeness (QED) is 0.635. The molecule has 2 fully saturated rings. The number of morpholine rings is 1. The smallest absolute Gasteiger partial charge is 0.243 e. The molecule has 1 N–H and O–H groups in total. The molecule has 2 heterocycles. The van der Waals surface area contributed by atoms with Gasteiger partial charge in [-0.15, -0.1) is 0 Å². The van der Waals surface area contributed by atoms with Crippen LogP contribution in [0.1, 0.15) is 5.56 Å². The SMILES string of the molecule is COc1ccc(N2CCN(CC(=O)Nc3ccc(C)c(S(=O)(=O)N4CCOCC4)c3)CC2)cc1. The fraction of sp³-hybridized carbons (Fsp3) is 0.458. The highest BCUT2D eigenvalue weighted by Gasteiger charge is 2.28. The van der Waals surface area contributed by atoms with Gasteiger partial charge in [0.1, 0.15) is 5.75 Å². The molecule has 2 saturated heterocycles. The fourth-order valence-electron chi connectivity index (χ4n) is 4.24. The van der Waals surface area contributed by atoms with E-state index in [0.717, 1.165) is 37.6 Å². The Kier molecular flexibility index (Phi) is 7.72. The van der Waals surface area contributed by atoms with Crippen LogP contribution in [0.5, 0.6) is 5.75 Å². The van der Waals surface area contributed by atoms with Crippen molar-refractivity contribution in [3.63, 3.8) is 0 Å². The summed E-state index contributed by atoms with van der Waals surface area (Å²) >= 11 is 0. The van der Waals surface area contributed by atoms with Crippen molar-refractivity contribution in [2.45, 2.75) is 11.8 Å². The molecule has 0 aromatic heterocycles. The monoisotopic (exact) mass is 488 g/mol. The molecule has 2 aliphatic rings. The van der Waals surface area contributed by atoms with Gasteiger partial charge < -0.3 is 19.7 Å². The summed E-state index contributed by atoms with van der Waals surface area (Å²) in [7, 11) is -1.98. The van der Waals surface area contributed by atoms with Crippen LogP contribution >= 0.6 is 0 Å². The summed E-state index contributed by atoms with van der Waals surface area (Å²) < 4.78 is 38.1. The van der Waals surface area contributed by atoms with Crippen LogP contribution in [0.2, 0.25) is 0 Å². The topological polar surface area (TPSA) is 91.4 Å². The number of rotatable bonds is 7. The number of hydrogen-bond donors (Lipinski definition) is 1. The van der Waals surface area contributed by atoms with Gasteiger partial charge in [0.15, 0.2) is 0 Å². The average Bonchev–Trinajstić information content (AvgIpc) is 2.86. The molecule has 0 saturated carbocycles. The van der Waals surface area contributed by atoms with Crippen molar-refractivity contribution in [2.24, 2.45) is 0 Å². The maximum atomic E-state index is 13.1. The first-order chi connectivity index (χ1) is 16.4. The number of aryl methyl sites for hydroxylation is 1. The highest BCUT2D eigenvalue weighted by molar-refractivity contribution is 7.89. The van der Waals surface area contributed by atoms with Crippen LogP contribution in [0.25, 0.3) is 0 Å². The number of carbonyl (C=O) groups excluding carboxylic acids is 1. The third kappa shape index (κ3) is 5.69. The number of nitrogens with one attached hydrogen (secondary N) is 1. The minimum atomic E-state index is -3.64. The van der Waals surface area contributed by atoms with Gasteiger partial charge in [-0.3, -0.25) is 9.69 Å². The van der Waals surface area contributed by atoms with Crippen molar-refractivity contribution in [3.8, 4) is 5.75 Å². The number of amides is 1. The number of ether oxygens (including phenoxy) is 2. The van der Waals surface area contributed by atoms with E-state index >= 15 is 0 Å². The predicted octanol–water partition coefficient (Wildman–Crippen LogP) is 1.79. The summed E-state index contributed by atoms with van der Waals surface area (Å²) in [6, 6.07) is 13.0. The van der Waals surface area contributed by atoms with Crippen molar-refractivity contribution in [3.05, 3.63) is 48.0 Å². The van der Waals surface area contributed by atoms with E-state index < -0.39 is 10.0 Å². The summed E-state index contributed by atoms with van der Waals surface area (Å²) in [6.45, 7) is 6.66. The fourth-order valence-corrected chi connectivity index (χ4v) is 5.90. The summed E-state index contributed by atoms with van der Waals surface area (Å²) in [5.41, 5.74) is 2.28. The van der Waals surface area contributed by atoms with Gasteiger partial charge in [-0.2, -0.15) is 4.31 Å². The lowest BCUT2D eigenvalue weighted by Crippen LogP contribution is -2.48. The Hall–Kier alpha value is -2.66. The number of anilines is 2. The second kappa shape index (κ2) is 10.7. The van der Waals surface area contributed by atoms with E-state index in [-0.39, 0.29) is 17.3 Å². The first-order valence-electron chi connectivity index (χ1n) is 11.5. The Bertz CT molecular complexity index is 1090. The van der Waals surface area contributed by atoms with Crippen LogP contribution in [-0.4, -0.2) is 89.7 Å². The summed E-state index contributed by atoms with van der Waals surface area (Å²) in [5, 5.41) is 2.87. The highest BCUT2D eigenvalue weighted by Crippen LogP contribution is 2.25. The van der Waals surface area contributed by atoms with Gasteiger partial charge in [0, 0.05) is 50.6 Å². The zero-order valence-corrected chi connectivity index (χ0v) is 20.5. The van der Waals surface area contributed by atoms with Gasteiger partial charge in [0.2, 0.25) is 15.9 Å². The maximum absolute atomic E-state index is 13.1. The van der Waals surface area contributed by atoms with E-state index in [1.807, 2.05) is 24.3 Å². The number of benzene rings is 2. The minimum Gasteiger partial charge on any atom is -0.497 e. The third-order valence-electron chi connectivity index (χ3n) is 6.24. The molecular weight excluding hydrogens is 456 g/mol. The highest BCUT2D eigenvalue weighted by atomic mass is 32.2. The maximum Gasteiger partial charge on any atom is 0.243 e. The second-order valence-corrected chi connectivity index (χ2v) is 10.4. The number of methoxy groups -OCH3 is 1. The van der Waals surface area contributed by atoms with Crippen LogP contribution in [0, 0.1) is 6.92 Å². The molecule has 0 atom stereocenters. The number of nitrogens with zero attached hydrogens (tertiary/aromatic N) is 3. The normalized spacial score (nSPS) is 18.0. The van der Waals surface area contributed by atoms with Gasteiger partial charge >= 0.3 is 0 Å². The van der Waals surface area contributed by atoms with Gasteiger partial charge in [0.25, 0.3) is 0 Å². The number of sulfonamides is 1. The Balaban J connectivity index is 1.33. The molecule has 0 spiro atoms. The van der Waals surface area contributed by atoms with Crippen LogP contribution in [0.4, 0.5) is 11.4 Å². The zero-order chi connectivity index (χ0) is 24.1. The molecule has 0 radical (unpaired) electrons. The van der Waals surface area contributed by atoms with E-state index in [4.69, 9.17) is 9.47 Å². The molecule has 2 aromatic rings. The Labute approximate surface area is 201 Å². The molecule has 2 aromatic carbocycles. The molecule has 0 bridgehead atoms. The Morgan fingerprint density at radius 1 is 1.00 bits per heavy atom. The van der Waals surface area contributed by atoms with E-state index in [9.17, 15) is 13.2 Å². The summed E-state index contributed by atoms with van der Waals surface area (Å²) in [6.07, 6.45) is 0. The first-order valence-corrected chi connectivity index (χ1v) is 12.9. The standard InChI is InChI=1S/C24H32N4O5S/c1-19-3-4-20(17-23(19)34(30,31)28-13-15-33-16-14-28)25-24(29)18-26-9-11-27(12-10-26)21-5-7-22(32-2)8-6-21/h3-8,17H,9-16,18H2,1-2H3,(H,25,29). The van der Waals surface area contributed by atoms with Crippen molar-refractivity contribution in [1.29, 1.82) is 0 Å². The molecule has 2 aliphatic heterocycles. The molecule has 1 amide bonds. The van der Waals surface area contributed by atoms with Crippen LogP contribution in [-0.2, 0) is 19.6 Å². The first kappa shape index (κ1) is 24.5. The third-order valence-corrected chi connectivity index (χ3v) is 8.28. The lowest BCUT2D eigenvalue weighted by Gasteiger charge is -2.35. The van der Waals surface area contributed by atoms with Crippen LogP contribution in [0.3, 0.4) is 0 Å². The number of hydrogen-bond acceptors (Lipinski definition) is 7. The molecule has 0 unspecified atom stereocenters. The van der Waals surface area contributed by atoms with E-state index in [2.05, 4.69) is 15.1 Å². The van der Waals surface area contributed by atoms with Gasteiger partial charge in [-0.05, 0) is 48.9 Å². The Morgan fingerprint density at radius 2 is 1.68 bits per heavy atom. The van der Waals surface area contributed by atoms with Crippen molar-refractivity contribution in [1.82, 2.24) is 9.21 Å². The van der Waals surface area contributed by atoms with Gasteiger partial charge in [-0.1, -0.05) is 6.07 Å². The van der Waals surface area contributed by atoms with Crippen molar-refractivity contribution in [2.75, 3.05) is 76.4 Å². The second-order valence-electron chi connectivity index (χ2n) is 8.51. The predicted molar refractivity (Wildman–Crippen MR) is 131 cm³/mol. The van der Waals surface area contributed by atoms with Crippen molar-refractivity contribution >= 4 is 27.3 Å². The summed E-state index contributed by atoms with van der Waals surface area (Å²) in [5.74, 6) is 0.674. The lowest BCUT2D eigenvalue weighted by molar-refractivity contribution is -0.117. The van der Waals surface area contributed by atoms with E-state index in [1.54, 1.807) is 32.2 Å². The number of carbonyl (C=O) groups is 1. The van der Waals surface area contributed by atoms with Gasteiger partial charge in [0.05, 0.1) is 31.8 Å². The van der Waals surface area contributed by atoms with E-state index in [0.29, 0.717) is 37.6 Å². The van der Waals surface area contributed by atoms with Crippen LogP contribution < -0.4 is 15.0 Å². The largest absolute Gasteiger partial charge is 0.497 e. The molecule has 184 valence electrons. The molecule has 4 rings (SSSR count). The average molecular weight is 489 g/mol. The summed E-state index contributed by atoms with van der Waals surface area (Å²) in [4.78, 5) is 17.3. The van der Waals surface area contributed by atoms with Crippen LogP contribution in [0.15, 0.2) is 47.4 Å². The molecule has 10 heteroatoms. The van der Waals surface area contributed by atoms with E-state index in [1.165, 1.54) is 4.31 Å². The molecule has 9 nitrogen and oxygen atoms in total. The zero-order valence-electron chi connectivity index (χ0n) is 19.7.